The Bertz CT molecular complexity index is 821. The second kappa shape index (κ2) is 7.45. The van der Waals surface area contributed by atoms with E-state index in [-0.39, 0.29) is 0 Å². The number of aromatic nitrogens is 2. The van der Waals surface area contributed by atoms with E-state index in [0.717, 1.165) is 47.6 Å². The standard InChI is InChI=1S/C19H20N4S2/c24-19(25-15-16-14-23-9-5-4-8-18(23)20-16)22-12-10-21(11-13-22)17-6-2-1-3-7-17/h1-9,14H,10-13,15H2. The smallest absolute Gasteiger partial charge is 0.137 e. The third kappa shape index (κ3) is 3.80. The molecule has 0 amide bonds. The number of fused-ring (bicyclic) bond motifs is 1. The van der Waals surface area contributed by atoms with Gasteiger partial charge in [0.15, 0.2) is 0 Å². The fourth-order valence-electron chi connectivity index (χ4n) is 3.07. The molecule has 1 saturated heterocycles. The van der Waals surface area contributed by atoms with Crippen LogP contribution in [0.5, 0.6) is 0 Å². The zero-order valence-corrected chi connectivity index (χ0v) is 15.5. The number of para-hydroxylation sites is 1. The lowest BCUT2D eigenvalue weighted by atomic mass is 10.2. The number of nitrogens with zero attached hydrogens (tertiary/aromatic N) is 4. The quantitative estimate of drug-likeness (QED) is 0.657. The molecule has 6 heteroatoms. The van der Waals surface area contributed by atoms with Gasteiger partial charge >= 0.3 is 0 Å². The predicted octanol–water partition coefficient (Wildman–Crippen LogP) is 3.67. The number of pyridine rings is 1. The van der Waals surface area contributed by atoms with Crippen molar-refractivity contribution in [3.05, 3.63) is 66.6 Å². The van der Waals surface area contributed by atoms with Gasteiger partial charge in [-0.2, -0.15) is 0 Å². The Morgan fingerprint density at radius 3 is 2.52 bits per heavy atom. The zero-order chi connectivity index (χ0) is 17.1. The van der Waals surface area contributed by atoms with Crippen molar-refractivity contribution in [2.24, 2.45) is 0 Å². The maximum Gasteiger partial charge on any atom is 0.137 e. The van der Waals surface area contributed by atoms with Crippen LogP contribution in [0.4, 0.5) is 5.69 Å². The number of piperazine rings is 1. The first-order chi connectivity index (χ1) is 12.3. The van der Waals surface area contributed by atoms with Crippen molar-refractivity contribution in [2.45, 2.75) is 5.75 Å². The Balaban J connectivity index is 1.30. The largest absolute Gasteiger partial charge is 0.368 e. The summed E-state index contributed by atoms with van der Waals surface area (Å²) < 4.78 is 3.03. The molecule has 1 aliphatic heterocycles. The maximum atomic E-state index is 5.65. The first kappa shape index (κ1) is 16.4. The Kier molecular flexibility index (Phi) is 4.90. The lowest BCUT2D eigenvalue weighted by molar-refractivity contribution is 0.397. The van der Waals surface area contributed by atoms with Gasteiger partial charge in [0, 0.05) is 50.0 Å². The van der Waals surface area contributed by atoms with Gasteiger partial charge in [0.1, 0.15) is 9.97 Å². The molecule has 25 heavy (non-hydrogen) atoms. The summed E-state index contributed by atoms with van der Waals surface area (Å²) in [5.41, 5.74) is 3.35. The zero-order valence-electron chi connectivity index (χ0n) is 13.9. The SMILES string of the molecule is S=C(SCc1cn2ccccc2n1)N1CCN(c2ccccc2)CC1. The van der Waals surface area contributed by atoms with Crippen molar-refractivity contribution in [3.8, 4) is 0 Å². The lowest BCUT2D eigenvalue weighted by Crippen LogP contribution is -2.47. The third-order valence-electron chi connectivity index (χ3n) is 4.42. The molecule has 3 aromatic rings. The Morgan fingerprint density at radius 2 is 1.76 bits per heavy atom. The van der Waals surface area contributed by atoms with Gasteiger partial charge in [-0.15, -0.1) is 0 Å². The first-order valence-electron chi connectivity index (χ1n) is 8.44. The summed E-state index contributed by atoms with van der Waals surface area (Å²) in [6, 6.07) is 16.6. The number of hydrogen-bond donors (Lipinski definition) is 0. The number of anilines is 1. The summed E-state index contributed by atoms with van der Waals surface area (Å²) in [6.07, 6.45) is 4.11. The molecule has 1 aromatic carbocycles. The molecule has 0 N–H and O–H groups in total. The van der Waals surface area contributed by atoms with Crippen molar-refractivity contribution in [1.82, 2.24) is 14.3 Å². The van der Waals surface area contributed by atoms with Crippen LogP contribution in [-0.4, -0.2) is 44.8 Å². The second-order valence-corrected chi connectivity index (χ2v) is 7.67. The van der Waals surface area contributed by atoms with Crippen LogP contribution in [0.1, 0.15) is 5.69 Å². The summed E-state index contributed by atoms with van der Waals surface area (Å²) in [7, 11) is 0. The number of thioether (sulfide) groups is 1. The van der Waals surface area contributed by atoms with E-state index >= 15 is 0 Å². The number of hydrogen-bond acceptors (Lipinski definition) is 4. The molecular weight excluding hydrogens is 348 g/mol. The van der Waals surface area contributed by atoms with Gasteiger partial charge in [-0.25, -0.2) is 4.98 Å². The Morgan fingerprint density at radius 1 is 1.00 bits per heavy atom. The maximum absolute atomic E-state index is 5.65. The number of benzene rings is 1. The highest BCUT2D eigenvalue weighted by atomic mass is 32.2. The highest BCUT2D eigenvalue weighted by molar-refractivity contribution is 8.22. The van der Waals surface area contributed by atoms with Crippen LogP contribution in [0.2, 0.25) is 0 Å². The lowest BCUT2D eigenvalue weighted by Gasteiger charge is -2.37. The summed E-state index contributed by atoms with van der Waals surface area (Å²) in [5.74, 6) is 0.819. The number of rotatable bonds is 3. The Labute approximate surface area is 157 Å². The average molecular weight is 369 g/mol. The van der Waals surface area contributed by atoms with Crippen LogP contribution in [-0.2, 0) is 5.75 Å². The van der Waals surface area contributed by atoms with E-state index < -0.39 is 0 Å². The van der Waals surface area contributed by atoms with E-state index in [9.17, 15) is 0 Å². The van der Waals surface area contributed by atoms with Gasteiger partial charge < -0.3 is 14.2 Å². The van der Waals surface area contributed by atoms with Crippen molar-refractivity contribution in [1.29, 1.82) is 0 Å². The summed E-state index contributed by atoms with van der Waals surface area (Å²) >= 11 is 7.36. The van der Waals surface area contributed by atoms with E-state index in [4.69, 9.17) is 12.2 Å². The highest BCUT2D eigenvalue weighted by Gasteiger charge is 2.19. The van der Waals surface area contributed by atoms with Crippen molar-refractivity contribution < 1.29 is 0 Å². The number of imidazole rings is 1. The molecule has 3 heterocycles. The molecule has 0 spiro atoms. The van der Waals surface area contributed by atoms with Gasteiger partial charge in [0.2, 0.25) is 0 Å². The summed E-state index contributed by atoms with van der Waals surface area (Å²) in [5, 5.41) is 0. The normalized spacial score (nSPS) is 14.9. The van der Waals surface area contributed by atoms with Crippen LogP contribution in [0.25, 0.3) is 5.65 Å². The minimum absolute atomic E-state index is 0.819. The molecule has 4 nitrogen and oxygen atoms in total. The average Bonchev–Trinajstić information content (AvgIpc) is 3.10. The Hall–Kier alpha value is -2.05. The predicted molar refractivity (Wildman–Crippen MR) is 109 cm³/mol. The molecule has 1 aliphatic rings. The van der Waals surface area contributed by atoms with Crippen LogP contribution >= 0.6 is 24.0 Å². The van der Waals surface area contributed by atoms with Crippen LogP contribution in [0, 0.1) is 0 Å². The van der Waals surface area contributed by atoms with Gasteiger partial charge in [-0.1, -0.05) is 48.2 Å². The summed E-state index contributed by atoms with van der Waals surface area (Å²) in [4.78, 5) is 9.37. The molecule has 0 atom stereocenters. The molecule has 2 aromatic heterocycles. The van der Waals surface area contributed by atoms with Crippen LogP contribution in [0.15, 0.2) is 60.9 Å². The van der Waals surface area contributed by atoms with Crippen molar-refractivity contribution in [2.75, 3.05) is 31.1 Å². The molecule has 1 fully saturated rings. The van der Waals surface area contributed by atoms with Crippen LogP contribution in [0.3, 0.4) is 0 Å². The minimum atomic E-state index is 0.819. The van der Waals surface area contributed by atoms with E-state index in [1.165, 1.54) is 5.69 Å². The van der Waals surface area contributed by atoms with Crippen LogP contribution < -0.4 is 4.90 Å². The molecule has 0 aliphatic carbocycles. The molecule has 0 saturated carbocycles. The van der Waals surface area contributed by atoms with Crippen molar-refractivity contribution in [3.63, 3.8) is 0 Å². The van der Waals surface area contributed by atoms with Gasteiger partial charge in [0.05, 0.1) is 5.69 Å². The molecule has 0 bridgehead atoms. The molecular formula is C19H20N4S2. The van der Waals surface area contributed by atoms with Gasteiger partial charge in [0.25, 0.3) is 0 Å². The van der Waals surface area contributed by atoms with E-state index in [1.54, 1.807) is 11.8 Å². The fourth-order valence-corrected chi connectivity index (χ4v) is 4.20. The molecule has 0 unspecified atom stereocenters. The molecule has 128 valence electrons. The topological polar surface area (TPSA) is 23.8 Å². The van der Waals surface area contributed by atoms with E-state index in [2.05, 4.69) is 55.7 Å². The molecule has 4 rings (SSSR count). The van der Waals surface area contributed by atoms with Gasteiger partial charge in [-0.05, 0) is 24.3 Å². The second-order valence-electron chi connectivity index (χ2n) is 6.06. The molecule has 0 radical (unpaired) electrons. The third-order valence-corrected chi connectivity index (χ3v) is 5.97. The van der Waals surface area contributed by atoms with Gasteiger partial charge in [-0.3, -0.25) is 0 Å². The monoisotopic (exact) mass is 368 g/mol. The van der Waals surface area contributed by atoms with E-state index in [0.29, 0.717) is 0 Å². The summed E-state index contributed by atoms with van der Waals surface area (Å²) in [6.45, 7) is 3.98. The first-order valence-corrected chi connectivity index (χ1v) is 9.83. The highest BCUT2D eigenvalue weighted by Crippen LogP contribution is 2.20. The fraction of sp³-hybridized carbons (Fsp3) is 0.263. The van der Waals surface area contributed by atoms with E-state index in [1.807, 2.05) is 24.4 Å². The minimum Gasteiger partial charge on any atom is -0.368 e. The van der Waals surface area contributed by atoms with Crippen molar-refractivity contribution >= 4 is 39.6 Å². The number of thiocarbonyl (C=S) groups is 1.